The number of aliphatic carboxylic acids is 1. The Balaban J connectivity index is 1.71. The summed E-state index contributed by atoms with van der Waals surface area (Å²) in [5, 5.41) is 9.74. The highest BCUT2D eigenvalue weighted by molar-refractivity contribution is 6.30. The summed E-state index contributed by atoms with van der Waals surface area (Å²) in [6.45, 7) is 2.32. The molecule has 0 heterocycles. The number of hydrogen-bond donors (Lipinski definition) is 1. The second-order valence-corrected chi connectivity index (χ2v) is 6.54. The van der Waals surface area contributed by atoms with Crippen molar-refractivity contribution in [1.82, 2.24) is 0 Å². The van der Waals surface area contributed by atoms with Crippen molar-refractivity contribution in [2.24, 2.45) is 0 Å². The first-order chi connectivity index (χ1) is 12.1. The molecule has 2 aromatic rings. The lowest BCUT2D eigenvalue weighted by Crippen LogP contribution is -2.10. The van der Waals surface area contributed by atoms with Gasteiger partial charge in [0, 0.05) is 11.6 Å². The van der Waals surface area contributed by atoms with Gasteiger partial charge in [-0.3, -0.25) is 4.79 Å². The minimum absolute atomic E-state index is 0.00117. The summed E-state index contributed by atoms with van der Waals surface area (Å²) in [7, 11) is 0. The molecule has 2 aromatic carbocycles. The molecule has 5 heteroatoms. The zero-order chi connectivity index (χ0) is 17.8. The van der Waals surface area contributed by atoms with E-state index in [0.717, 1.165) is 34.7 Å². The van der Waals surface area contributed by atoms with Crippen molar-refractivity contribution in [3.05, 3.63) is 64.2 Å². The molecule has 2 atom stereocenters. The molecule has 0 aromatic heterocycles. The fourth-order valence-corrected chi connectivity index (χ4v) is 3.40. The Morgan fingerprint density at radius 1 is 1.28 bits per heavy atom. The zero-order valence-corrected chi connectivity index (χ0v) is 14.8. The highest BCUT2D eigenvalue weighted by atomic mass is 35.5. The molecule has 0 aliphatic heterocycles. The Labute approximate surface area is 152 Å². The normalized spacial score (nSPS) is 17.1. The minimum Gasteiger partial charge on any atom is -0.486 e. The summed E-state index contributed by atoms with van der Waals surface area (Å²) in [5.74, 6) is -0.120. The van der Waals surface area contributed by atoms with E-state index < -0.39 is 12.1 Å². The van der Waals surface area contributed by atoms with Gasteiger partial charge in [0.2, 0.25) is 0 Å². The van der Waals surface area contributed by atoms with E-state index in [-0.39, 0.29) is 12.5 Å². The Morgan fingerprint density at radius 2 is 2.04 bits per heavy atom. The van der Waals surface area contributed by atoms with E-state index in [1.807, 2.05) is 43.3 Å². The van der Waals surface area contributed by atoms with E-state index in [9.17, 15) is 4.79 Å². The lowest BCUT2D eigenvalue weighted by Gasteiger charge is -2.18. The van der Waals surface area contributed by atoms with Gasteiger partial charge in [0.15, 0.2) is 0 Å². The van der Waals surface area contributed by atoms with Crippen LogP contribution in [-0.2, 0) is 16.0 Å². The smallest absolute Gasteiger partial charge is 0.306 e. The predicted molar refractivity (Wildman–Crippen MR) is 96.2 cm³/mol. The number of carboxylic acids is 1. The van der Waals surface area contributed by atoms with E-state index in [2.05, 4.69) is 6.07 Å². The van der Waals surface area contributed by atoms with Crippen LogP contribution in [0.2, 0.25) is 5.02 Å². The molecule has 0 saturated carbocycles. The average Bonchev–Trinajstić information content (AvgIpc) is 2.97. The molecule has 0 saturated heterocycles. The first kappa shape index (κ1) is 17.8. The fraction of sp³-hybridized carbons (Fsp3) is 0.350. The molecule has 1 aliphatic rings. The molecule has 4 nitrogen and oxygen atoms in total. The lowest BCUT2D eigenvalue weighted by molar-refractivity contribution is -0.140. The maximum Gasteiger partial charge on any atom is 0.306 e. The van der Waals surface area contributed by atoms with Gasteiger partial charge < -0.3 is 14.6 Å². The van der Waals surface area contributed by atoms with E-state index >= 15 is 0 Å². The molecule has 1 N–H and O–H groups in total. The van der Waals surface area contributed by atoms with E-state index in [1.54, 1.807) is 0 Å². The van der Waals surface area contributed by atoms with Gasteiger partial charge in [0.05, 0.1) is 12.5 Å². The Kier molecular flexibility index (Phi) is 5.61. The third-order valence-corrected chi connectivity index (χ3v) is 4.62. The van der Waals surface area contributed by atoms with Crippen molar-refractivity contribution in [2.75, 3.05) is 6.61 Å². The highest BCUT2D eigenvalue weighted by Crippen LogP contribution is 2.36. The predicted octanol–water partition coefficient (Wildman–Crippen LogP) is 4.96. The maximum absolute atomic E-state index is 11.0. The van der Waals surface area contributed by atoms with Gasteiger partial charge in [-0.05, 0) is 60.7 Å². The molecule has 25 heavy (non-hydrogen) atoms. The molecule has 132 valence electrons. The second kappa shape index (κ2) is 7.89. The summed E-state index contributed by atoms with van der Waals surface area (Å²) in [6, 6.07) is 13.4. The molecule has 0 bridgehead atoms. The number of carbonyl (C=O) groups is 1. The van der Waals surface area contributed by atoms with Crippen molar-refractivity contribution < 1.29 is 19.4 Å². The lowest BCUT2D eigenvalue weighted by atomic mass is 10.1. The largest absolute Gasteiger partial charge is 0.486 e. The number of fused-ring (bicyclic) bond motifs is 1. The van der Waals surface area contributed by atoms with Crippen molar-refractivity contribution in [2.45, 2.75) is 38.4 Å². The van der Waals surface area contributed by atoms with Crippen LogP contribution in [-0.4, -0.2) is 17.7 Å². The van der Waals surface area contributed by atoms with Crippen LogP contribution < -0.4 is 4.74 Å². The SMILES string of the molecule is CCO[C@@H](CC(=O)O)c1ccc(OC2CCc3ccc(Cl)cc32)cc1. The van der Waals surface area contributed by atoms with Gasteiger partial charge in [-0.2, -0.15) is 0 Å². The molecule has 1 aliphatic carbocycles. The third kappa shape index (κ3) is 4.33. The topological polar surface area (TPSA) is 55.8 Å². The number of hydrogen-bond acceptors (Lipinski definition) is 3. The highest BCUT2D eigenvalue weighted by Gasteiger charge is 2.24. The number of aryl methyl sites for hydroxylation is 1. The van der Waals surface area contributed by atoms with E-state index in [0.29, 0.717) is 6.61 Å². The molecule has 1 unspecified atom stereocenters. The molecule has 0 amide bonds. The summed E-state index contributed by atoms with van der Waals surface area (Å²) in [5.41, 5.74) is 3.27. The first-order valence-corrected chi connectivity index (χ1v) is 8.83. The first-order valence-electron chi connectivity index (χ1n) is 8.45. The average molecular weight is 361 g/mol. The van der Waals surface area contributed by atoms with E-state index in [1.165, 1.54) is 5.56 Å². The van der Waals surface area contributed by atoms with Gasteiger partial charge in [0.1, 0.15) is 11.9 Å². The molecule has 3 rings (SSSR count). The quantitative estimate of drug-likeness (QED) is 0.758. The van der Waals surface area contributed by atoms with Crippen LogP contribution >= 0.6 is 11.6 Å². The van der Waals surface area contributed by atoms with Gasteiger partial charge in [-0.15, -0.1) is 0 Å². The maximum atomic E-state index is 11.0. The number of ether oxygens (including phenoxy) is 2. The van der Waals surface area contributed by atoms with Crippen LogP contribution in [0.1, 0.15) is 48.7 Å². The van der Waals surface area contributed by atoms with Crippen molar-refractivity contribution in [3.63, 3.8) is 0 Å². The van der Waals surface area contributed by atoms with Crippen molar-refractivity contribution >= 4 is 17.6 Å². The summed E-state index contributed by atoms with van der Waals surface area (Å²) >= 11 is 6.10. The van der Waals surface area contributed by atoms with Crippen LogP contribution in [0.5, 0.6) is 5.75 Å². The fourth-order valence-electron chi connectivity index (χ4n) is 3.22. The van der Waals surface area contributed by atoms with Gasteiger partial charge in [-0.25, -0.2) is 0 Å². The second-order valence-electron chi connectivity index (χ2n) is 6.10. The number of benzene rings is 2. The Hall–Kier alpha value is -2.04. The van der Waals surface area contributed by atoms with Gasteiger partial charge in [-0.1, -0.05) is 29.8 Å². The molecule has 0 radical (unpaired) electrons. The van der Waals surface area contributed by atoms with Crippen molar-refractivity contribution in [1.29, 1.82) is 0 Å². The van der Waals surface area contributed by atoms with Crippen LogP contribution in [0.3, 0.4) is 0 Å². The molecular weight excluding hydrogens is 340 g/mol. The van der Waals surface area contributed by atoms with Crippen LogP contribution in [0.15, 0.2) is 42.5 Å². The van der Waals surface area contributed by atoms with Crippen LogP contribution in [0.25, 0.3) is 0 Å². The minimum atomic E-state index is -0.877. The summed E-state index contributed by atoms with van der Waals surface area (Å²) in [6.07, 6.45) is 1.42. The molecular formula is C20H21ClO4. The van der Waals surface area contributed by atoms with Crippen LogP contribution in [0, 0.1) is 0 Å². The number of rotatable bonds is 7. The summed E-state index contributed by atoms with van der Waals surface area (Å²) in [4.78, 5) is 11.0. The van der Waals surface area contributed by atoms with Crippen molar-refractivity contribution in [3.8, 4) is 5.75 Å². The zero-order valence-electron chi connectivity index (χ0n) is 14.1. The number of halogens is 1. The Morgan fingerprint density at radius 3 is 2.72 bits per heavy atom. The van der Waals surface area contributed by atoms with Crippen LogP contribution in [0.4, 0.5) is 0 Å². The Bertz CT molecular complexity index is 742. The molecule has 0 fully saturated rings. The standard InChI is InChI=1S/C20H21ClO4/c1-2-24-19(12-20(22)23)14-4-8-16(9-5-14)25-18-10-6-13-3-7-15(21)11-17(13)18/h3-5,7-9,11,18-19H,2,6,10,12H2,1H3,(H,22,23)/t18?,19-/m0/s1. The molecule has 0 spiro atoms. The van der Waals surface area contributed by atoms with Gasteiger partial charge >= 0.3 is 5.97 Å². The van der Waals surface area contributed by atoms with Gasteiger partial charge in [0.25, 0.3) is 0 Å². The monoisotopic (exact) mass is 360 g/mol. The third-order valence-electron chi connectivity index (χ3n) is 4.39. The van der Waals surface area contributed by atoms with E-state index in [4.69, 9.17) is 26.2 Å². The summed E-state index contributed by atoms with van der Waals surface area (Å²) < 4.78 is 11.7. The number of carboxylic acid groups (broad SMARTS) is 1.